The van der Waals surface area contributed by atoms with Gasteiger partial charge in [-0.25, -0.2) is 14.4 Å². The van der Waals surface area contributed by atoms with Crippen LogP contribution in [0.1, 0.15) is 0 Å². The molecule has 6 N–H and O–H groups in total. The summed E-state index contributed by atoms with van der Waals surface area (Å²) in [4.78, 5) is 38.0. The van der Waals surface area contributed by atoms with E-state index in [-0.39, 0.29) is 0 Å². The van der Waals surface area contributed by atoms with E-state index in [1.54, 1.807) is 91.0 Å². The maximum absolute atomic E-state index is 12.7. The van der Waals surface area contributed by atoms with E-state index in [9.17, 15) is 29.7 Å². The molecule has 6 atom stereocenters. The van der Waals surface area contributed by atoms with Crippen molar-refractivity contribution in [1.82, 2.24) is 0 Å². The van der Waals surface area contributed by atoms with Crippen LogP contribution in [0.25, 0.3) is 0 Å². The number of nitrogens with one attached hydrogen (secondary N) is 3. The molecule has 0 radical (unpaired) electrons. The highest BCUT2D eigenvalue weighted by atomic mass is 16.6. The Kier molecular flexibility index (Phi) is 8.94. The summed E-state index contributed by atoms with van der Waals surface area (Å²) >= 11 is 0. The average Bonchev–Trinajstić information content (AvgIpc) is 2.93. The lowest BCUT2D eigenvalue weighted by Crippen LogP contribution is -2.67. The molecule has 3 amide bonds. The van der Waals surface area contributed by atoms with Crippen LogP contribution in [0.15, 0.2) is 91.0 Å². The summed E-state index contributed by atoms with van der Waals surface area (Å²) in [5.74, 6) is 0. The Hall–Kier alpha value is -4.65. The van der Waals surface area contributed by atoms with Crippen molar-refractivity contribution in [3.8, 4) is 0 Å². The molecule has 0 saturated heterocycles. The highest BCUT2D eigenvalue weighted by Gasteiger charge is 2.55. The number of ether oxygens (including phenoxy) is 3. The minimum Gasteiger partial charge on any atom is -0.439 e. The van der Waals surface area contributed by atoms with Gasteiger partial charge in [0.15, 0.2) is 18.3 Å². The van der Waals surface area contributed by atoms with Crippen molar-refractivity contribution in [2.24, 2.45) is 0 Å². The summed E-state index contributed by atoms with van der Waals surface area (Å²) in [6.45, 7) is 0. The molecule has 1 aliphatic rings. The van der Waals surface area contributed by atoms with Gasteiger partial charge >= 0.3 is 18.3 Å². The largest absolute Gasteiger partial charge is 0.439 e. The standard InChI is InChI=1S/C27H27N3O9/c31-19-20(32)22(37-25(34)28-16-10-4-1-5-11-16)24(39-27(36)30-18-14-8-3-9-15-18)23(21(19)33)38-26(35)29-17-12-6-2-7-13-17/h1-15,19-24,31-33H,(H,28,34)(H,29,35)(H,30,36)/t19?,20-,21-,22-,23+,24?/m0/s1. The third-order valence-electron chi connectivity index (χ3n) is 5.81. The van der Waals surface area contributed by atoms with E-state index in [1.807, 2.05) is 0 Å². The Morgan fingerprint density at radius 1 is 0.462 bits per heavy atom. The Balaban J connectivity index is 1.56. The summed E-state index contributed by atoms with van der Waals surface area (Å²) in [7, 11) is 0. The van der Waals surface area contributed by atoms with E-state index >= 15 is 0 Å². The smallest absolute Gasteiger partial charge is 0.412 e. The summed E-state index contributed by atoms with van der Waals surface area (Å²) in [5.41, 5.74) is 1.09. The van der Waals surface area contributed by atoms with E-state index in [0.29, 0.717) is 17.1 Å². The van der Waals surface area contributed by atoms with E-state index in [1.165, 1.54) is 0 Å². The number of anilines is 3. The third-order valence-corrected chi connectivity index (χ3v) is 5.81. The molecule has 39 heavy (non-hydrogen) atoms. The highest BCUT2D eigenvalue weighted by Crippen LogP contribution is 2.30. The monoisotopic (exact) mass is 537 g/mol. The second kappa shape index (κ2) is 12.7. The molecule has 12 heteroatoms. The van der Waals surface area contributed by atoms with Gasteiger partial charge in [0.25, 0.3) is 0 Å². The van der Waals surface area contributed by atoms with E-state index in [2.05, 4.69) is 16.0 Å². The Morgan fingerprint density at radius 2 is 0.744 bits per heavy atom. The summed E-state index contributed by atoms with van der Waals surface area (Å²) in [6, 6.07) is 24.7. The first-order chi connectivity index (χ1) is 18.8. The number of rotatable bonds is 6. The lowest BCUT2D eigenvalue weighted by molar-refractivity contribution is -0.219. The van der Waals surface area contributed by atoms with Gasteiger partial charge in [0, 0.05) is 17.1 Å². The van der Waals surface area contributed by atoms with Crippen molar-refractivity contribution in [2.45, 2.75) is 36.6 Å². The quantitative estimate of drug-likeness (QED) is 0.258. The molecule has 3 aromatic rings. The maximum atomic E-state index is 12.7. The zero-order valence-corrected chi connectivity index (χ0v) is 20.4. The fraction of sp³-hybridized carbons (Fsp3) is 0.222. The van der Waals surface area contributed by atoms with Crippen molar-refractivity contribution in [2.75, 3.05) is 16.0 Å². The van der Waals surface area contributed by atoms with Crippen molar-refractivity contribution >= 4 is 35.3 Å². The van der Waals surface area contributed by atoms with Crippen LogP contribution in [0.5, 0.6) is 0 Å². The van der Waals surface area contributed by atoms with Gasteiger partial charge in [-0.05, 0) is 36.4 Å². The highest BCUT2D eigenvalue weighted by molar-refractivity contribution is 5.86. The SMILES string of the molecule is O=C(Nc1ccccc1)OC1[C@@H](OC(=O)Nc2ccccc2)[C@@H](O)C(O)[C@H](O)[C@H]1OC(=O)Nc1ccccc1. The lowest BCUT2D eigenvalue weighted by Gasteiger charge is -2.43. The van der Waals surface area contributed by atoms with Crippen molar-refractivity contribution in [1.29, 1.82) is 0 Å². The fourth-order valence-corrected chi connectivity index (χ4v) is 3.95. The van der Waals surface area contributed by atoms with Gasteiger partial charge in [0.2, 0.25) is 0 Å². The zero-order valence-electron chi connectivity index (χ0n) is 20.4. The molecule has 0 aromatic heterocycles. The molecule has 0 bridgehead atoms. The number of hydrogen-bond acceptors (Lipinski definition) is 9. The molecule has 1 saturated carbocycles. The minimum atomic E-state index is -1.92. The van der Waals surface area contributed by atoms with Gasteiger partial charge < -0.3 is 29.5 Å². The number of aliphatic hydroxyl groups is 3. The van der Waals surface area contributed by atoms with Crippen LogP contribution in [0.3, 0.4) is 0 Å². The molecule has 0 spiro atoms. The maximum Gasteiger partial charge on any atom is 0.412 e. The Morgan fingerprint density at radius 3 is 1.05 bits per heavy atom. The number of amides is 3. The Labute approximate surface area is 223 Å². The number of carbonyl (C=O) groups excluding carboxylic acids is 3. The molecular formula is C27H27N3O9. The second-order valence-corrected chi connectivity index (χ2v) is 8.55. The number of hydrogen-bond donors (Lipinski definition) is 6. The van der Waals surface area contributed by atoms with Crippen LogP contribution < -0.4 is 16.0 Å². The molecule has 204 valence electrons. The predicted molar refractivity (Wildman–Crippen MR) is 139 cm³/mol. The zero-order chi connectivity index (χ0) is 27.8. The molecule has 1 aliphatic carbocycles. The average molecular weight is 538 g/mol. The topological polar surface area (TPSA) is 176 Å². The minimum absolute atomic E-state index is 0.359. The van der Waals surface area contributed by atoms with Crippen LogP contribution in [-0.4, -0.2) is 70.2 Å². The molecule has 0 aliphatic heterocycles. The second-order valence-electron chi connectivity index (χ2n) is 8.55. The molecule has 4 rings (SSSR count). The third kappa shape index (κ3) is 7.23. The van der Waals surface area contributed by atoms with Crippen LogP contribution >= 0.6 is 0 Å². The van der Waals surface area contributed by atoms with Crippen molar-refractivity contribution in [3.63, 3.8) is 0 Å². The van der Waals surface area contributed by atoms with E-state index in [0.717, 1.165) is 0 Å². The van der Waals surface area contributed by atoms with E-state index in [4.69, 9.17) is 14.2 Å². The van der Waals surface area contributed by atoms with Crippen molar-refractivity contribution < 1.29 is 43.9 Å². The number of para-hydroxylation sites is 3. The van der Waals surface area contributed by atoms with Gasteiger partial charge in [0.1, 0.15) is 18.3 Å². The first kappa shape index (κ1) is 27.4. The molecular weight excluding hydrogens is 510 g/mol. The summed E-state index contributed by atoms with van der Waals surface area (Å²) < 4.78 is 16.1. The van der Waals surface area contributed by atoms with Gasteiger partial charge in [0.05, 0.1) is 0 Å². The molecule has 1 fully saturated rings. The molecule has 0 heterocycles. The van der Waals surface area contributed by atoms with Gasteiger partial charge in [-0.1, -0.05) is 54.6 Å². The molecule has 3 aromatic carbocycles. The first-order valence-corrected chi connectivity index (χ1v) is 11.9. The molecule has 12 nitrogen and oxygen atoms in total. The van der Waals surface area contributed by atoms with Crippen LogP contribution in [0.4, 0.5) is 31.4 Å². The number of benzene rings is 3. The molecule has 2 unspecified atom stereocenters. The lowest BCUT2D eigenvalue weighted by atomic mass is 9.84. The van der Waals surface area contributed by atoms with Gasteiger partial charge in [-0.15, -0.1) is 0 Å². The fourth-order valence-electron chi connectivity index (χ4n) is 3.95. The van der Waals surface area contributed by atoms with Crippen LogP contribution in [0.2, 0.25) is 0 Å². The number of aliphatic hydroxyl groups excluding tert-OH is 3. The van der Waals surface area contributed by atoms with E-state index < -0.39 is 54.9 Å². The normalized spacial score (nSPS) is 24.1. The van der Waals surface area contributed by atoms with Crippen molar-refractivity contribution in [3.05, 3.63) is 91.0 Å². The summed E-state index contributed by atoms with van der Waals surface area (Å²) in [6.07, 6.45) is -14.1. The number of carbonyl (C=O) groups is 3. The summed E-state index contributed by atoms with van der Waals surface area (Å²) in [5, 5.41) is 39.2. The van der Waals surface area contributed by atoms with Gasteiger partial charge in [-0.3, -0.25) is 16.0 Å². The van der Waals surface area contributed by atoms with Crippen LogP contribution in [0, 0.1) is 0 Å². The predicted octanol–water partition coefficient (Wildman–Crippen LogP) is 2.93. The van der Waals surface area contributed by atoms with Gasteiger partial charge in [-0.2, -0.15) is 0 Å². The first-order valence-electron chi connectivity index (χ1n) is 11.9. The van der Waals surface area contributed by atoms with Crippen LogP contribution in [-0.2, 0) is 14.2 Å². The Bertz CT molecular complexity index is 1180.